The average Bonchev–Trinajstić information content (AvgIpc) is 2.65. The van der Waals surface area contributed by atoms with Crippen molar-refractivity contribution in [3.63, 3.8) is 0 Å². The molecule has 1 atom stereocenters. The molecule has 0 amide bonds. The van der Waals surface area contributed by atoms with Crippen molar-refractivity contribution in [1.29, 1.82) is 0 Å². The number of aliphatic hydroxyl groups excluding tert-OH is 1. The minimum Gasteiger partial charge on any atom is -0.391 e. The van der Waals surface area contributed by atoms with E-state index in [4.69, 9.17) is 4.74 Å². The summed E-state index contributed by atoms with van der Waals surface area (Å²) in [6.07, 6.45) is 2.20. The third kappa shape index (κ3) is 4.66. The van der Waals surface area contributed by atoms with Crippen LogP contribution in [0.2, 0.25) is 0 Å². The summed E-state index contributed by atoms with van der Waals surface area (Å²) in [5, 5.41) is 12.6. The number of aromatic nitrogens is 1. The van der Waals surface area contributed by atoms with Gasteiger partial charge in [-0.2, -0.15) is 0 Å². The molecule has 2 N–H and O–H groups in total. The fraction of sp³-hybridized carbons (Fsp3) is 0.667. The van der Waals surface area contributed by atoms with Gasteiger partial charge in [0, 0.05) is 24.7 Å². The molecule has 14 heavy (non-hydrogen) atoms. The fourth-order valence-electron chi connectivity index (χ4n) is 1.09. The van der Waals surface area contributed by atoms with Crippen LogP contribution in [0.15, 0.2) is 11.7 Å². The molecular weight excluding hydrogens is 200 g/mol. The van der Waals surface area contributed by atoms with Crippen molar-refractivity contribution in [1.82, 2.24) is 10.3 Å². The average molecular weight is 216 g/mol. The van der Waals surface area contributed by atoms with Crippen molar-refractivity contribution in [3.8, 4) is 0 Å². The lowest BCUT2D eigenvalue weighted by Gasteiger charge is -2.09. The van der Waals surface area contributed by atoms with Gasteiger partial charge in [-0.25, -0.2) is 0 Å². The van der Waals surface area contributed by atoms with Gasteiger partial charge in [0.25, 0.3) is 0 Å². The number of thiazole rings is 1. The predicted octanol–water partition coefficient (Wildman–Crippen LogP) is 0.630. The van der Waals surface area contributed by atoms with Crippen LogP contribution in [0, 0.1) is 0 Å². The molecule has 0 spiro atoms. The Morgan fingerprint density at radius 1 is 1.71 bits per heavy atom. The van der Waals surface area contributed by atoms with Gasteiger partial charge >= 0.3 is 0 Å². The molecular formula is C9H16N2O2S. The number of hydrogen-bond donors (Lipinski definition) is 2. The van der Waals surface area contributed by atoms with Gasteiger partial charge in [0.15, 0.2) is 0 Å². The highest BCUT2D eigenvalue weighted by atomic mass is 32.1. The van der Waals surface area contributed by atoms with Crippen molar-refractivity contribution in [2.24, 2.45) is 0 Å². The van der Waals surface area contributed by atoms with E-state index in [1.165, 1.54) is 4.88 Å². The zero-order valence-corrected chi connectivity index (χ0v) is 9.09. The molecule has 0 aliphatic carbocycles. The van der Waals surface area contributed by atoms with E-state index in [1.807, 2.05) is 11.7 Å². The normalized spacial score (nSPS) is 13.0. The molecule has 4 nitrogen and oxygen atoms in total. The Balaban J connectivity index is 1.99. The first-order valence-electron chi connectivity index (χ1n) is 4.58. The summed E-state index contributed by atoms with van der Waals surface area (Å²) in [6.45, 7) is 2.02. The lowest BCUT2D eigenvalue weighted by molar-refractivity contribution is 0.0594. The maximum absolute atomic E-state index is 9.33. The van der Waals surface area contributed by atoms with Crippen LogP contribution in [0.4, 0.5) is 0 Å². The third-order valence-electron chi connectivity index (χ3n) is 1.80. The molecule has 80 valence electrons. The van der Waals surface area contributed by atoms with Gasteiger partial charge in [-0.3, -0.25) is 4.98 Å². The molecule has 0 aliphatic heterocycles. The molecule has 1 heterocycles. The number of rotatable bonds is 7. The summed E-state index contributed by atoms with van der Waals surface area (Å²) in [5.74, 6) is 0. The van der Waals surface area contributed by atoms with Gasteiger partial charge in [-0.15, -0.1) is 11.3 Å². The standard InChI is InChI=1S/C9H16N2O2S/c1-13-6-8(12)2-3-10-4-9-5-11-7-14-9/h5,7-8,10,12H,2-4,6H2,1H3. The molecule has 0 radical (unpaired) electrons. The predicted molar refractivity (Wildman–Crippen MR) is 56.3 cm³/mol. The minimum atomic E-state index is -0.367. The second-order valence-electron chi connectivity index (χ2n) is 3.04. The van der Waals surface area contributed by atoms with Crippen LogP contribution in [0.5, 0.6) is 0 Å². The Hall–Kier alpha value is -0.490. The molecule has 0 saturated carbocycles. The zero-order chi connectivity index (χ0) is 10.2. The van der Waals surface area contributed by atoms with Crippen molar-refractivity contribution < 1.29 is 9.84 Å². The molecule has 1 unspecified atom stereocenters. The van der Waals surface area contributed by atoms with E-state index < -0.39 is 0 Å². The van der Waals surface area contributed by atoms with E-state index in [-0.39, 0.29) is 6.10 Å². The smallest absolute Gasteiger partial charge is 0.0794 e. The number of ether oxygens (including phenoxy) is 1. The number of nitrogens with one attached hydrogen (secondary N) is 1. The highest BCUT2D eigenvalue weighted by Crippen LogP contribution is 2.04. The molecule has 0 fully saturated rings. The highest BCUT2D eigenvalue weighted by molar-refractivity contribution is 7.09. The topological polar surface area (TPSA) is 54.4 Å². The SMILES string of the molecule is COCC(O)CCNCc1cncs1. The van der Waals surface area contributed by atoms with E-state index in [9.17, 15) is 5.11 Å². The highest BCUT2D eigenvalue weighted by Gasteiger charge is 2.02. The molecule has 1 aromatic rings. The van der Waals surface area contributed by atoms with Gasteiger partial charge in [0.1, 0.15) is 0 Å². The van der Waals surface area contributed by atoms with Crippen LogP contribution in [-0.2, 0) is 11.3 Å². The summed E-state index contributed by atoms with van der Waals surface area (Å²) < 4.78 is 4.82. The van der Waals surface area contributed by atoms with Crippen LogP contribution in [0.1, 0.15) is 11.3 Å². The third-order valence-corrected chi connectivity index (χ3v) is 2.58. The first-order valence-corrected chi connectivity index (χ1v) is 5.46. The first kappa shape index (κ1) is 11.6. The molecule has 0 aliphatic rings. The van der Waals surface area contributed by atoms with E-state index in [0.29, 0.717) is 13.0 Å². The minimum absolute atomic E-state index is 0.367. The molecule has 1 aromatic heterocycles. The Morgan fingerprint density at radius 3 is 3.21 bits per heavy atom. The van der Waals surface area contributed by atoms with Gasteiger partial charge < -0.3 is 15.2 Å². The maximum Gasteiger partial charge on any atom is 0.0794 e. The van der Waals surface area contributed by atoms with Crippen LogP contribution < -0.4 is 5.32 Å². The van der Waals surface area contributed by atoms with Gasteiger partial charge in [0.05, 0.1) is 18.2 Å². The van der Waals surface area contributed by atoms with Crippen LogP contribution in [-0.4, -0.2) is 36.5 Å². The van der Waals surface area contributed by atoms with Crippen molar-refractivity contribution >= 4 is 11.3 Å². The van der Waals surface area contributed by atoms with Crippen molar-refractivity contribution in [2.75, 3.05) is 20.3 Å². The summed E-state index contributed by atoms with van der Waals surface area (Å²) in [6, 6.07) is 0. The Bertz CT molecular complexity index is 229. The molecule has 0 aromatic carbocycles. The van der Waals surface area contributed by atoms with E-state index in [1.54, 1.807) is 18.4 Å². The van der Waals surface area contributed by atoms with Gasteiger partial charge in [-0.05, 0) is 13.0 Å². The van der Waals surface area contributed by atoms with Crippen LogP contribution in [0.3, 0.4) is 0 Å². The lowest BCUT2D eigenvalue weighted by atomic mass is 10.2. The summed E-state index contributed by atoms with van der Waals surface area (Å²) in [5.41, 5.74) is 1.82. The second kappa shape index (κ2) is 6.89. The fourth-order valence-corrected chi connectivity index (χ4v) is 1.65. The lowest BCUT2D eigenvalue weighted by Crippen LogP contribution is -2.22. The number of hydrogen-bond acceptors (Lipinski definition) is 5. The summed E-state index contributed by atoms with van der Waals surface area (Å²) in [4.78, 5) is 5.19. The Morgan fingerprint density at radius 2 is 2.57 bits per heavy atom. The second-order valence-corrected chi connectivity index (χ2v) is 4.01. The van der Waals surface area contributed by atoms with Crippen LogP contribution in [0.25, 0.3) is 0 Å². The van der Waals surface area contributed by atoms with E-state index in [0.717, 1.165) is 13.1 Å². The molecule has 0 saturated heterocycles. The summed E-state index contributed by atoms with van der Waals surface area (Å²) in [7, 11) is 1.59. The monoisotopic (exact) mass is 216 g/mol. The largest absolute Gasteiger partial charge is 0.391 e. The van der Waals surface area contributed by atoms with Gasteiger partial charge in [0.2, 0.25) is 0 Å². The number of aliphatic hydroxyl groups is 1. The quantitative estimate of drug-likeness (QED) is 0.656. The number of nitrogens with zero attached hydrogens (tertiary/aromatic N) is 1. The molecule has 0 bridgehead atoms. The summed E-state index contributed by atoms with van der Waals surface area (Å²) >= 11 is 1.63. The Labute approximate surface area is 87.9 Å². The van der Waals surface area contributed by atoms with Gasteiger partial charge in [-0.1, -0.05) is 0 Å². The van der Waals surface area contributed by atoms with Crippen molar-refractivity contribution in [3.05, 3.63) is 16.6 Å². The van der Waals surface area contributed by atoms with E-state index >= 15 is 0 Å². The Kier molecular flexibility index (Phi) is 5.70. The first-order chi connectivity index (χ1) is 6.83. The maximum atomic E-state index is 9.33. The molecule has 1 rings (SSSR count). The number of methoxy groups -OCH3 is 1. The zero-order valence-electron chi connectivity index (χ0n) is 8.27. The molecule has 5 heteroatoms. The van der Waals surface area contributed by atoms with Crippen LogP contribution >= 0.6 is 11.3 Å². The van der Waals surface area contributed by atoms with E-state index in [2.05, 4.69) is 10.3 Å². The van der Waals surface area contributed by atoms with Crippen molar-refractivity contribution in [2.45, 2.75) is 19.1 Å².